The predicted octanol–water partition coefficient (Wildman–Crippen LogP) is -0.181. The molecule has 0 aliphatic rings. The van der Waals surface area contributed by atoms with Crippen LogP contribution in [-0.4, -0.2) is 56.6 Å². The van der Waals surface area contributed by atoms with Crippen molar-refractivity contribution in [2.24, 2.45) is 5.92 Å². The van der Waals surface area contributed by atoms with Crippen LogP contribution in [0.25, 0.3) is 0 Å². The van der Waals surface area contributed by atoms with E-state index in [-0.39, 0.29) is 25.2 Å². The molecule has 9 heteroatoms. The van der Waals surface area contributed by atoms with Gasteiger partial charge in [-0.05, 0) is 18.8 Å². The zero-order valence-electron chi connectivity index (χ0n) is 11.4. The number of nitro groups is 2. The zero-order chi connectivity index (χ0) is 15.7. The van der Waals surface area contributed by atoms with Gasteiger partial charge in [0, 0.05) is 22.7 Å². The number of aliphatic hydroxyl groups excluding tert-OH is 3. The average molecular weight is 294 g/mol. The van der Waals surface area contributed by atoms with Crippen LogP contribution in [0.4, 0.5) is 0 Å². The second kappa shape index (κ2) is 9.56. The Kier molecular flexibility index (Phi) is 8.93. The van der Waals surface area contributed by atoms with Crippen molar-refractivity contribution in [1.82, 2.24) is 0 Å². The Bertz CT molecular complexity index is 283. The third-order valence-electron chi connectivity index (χ3n) is 3.43. The van der Waals surface area contributed by atoms with Crippen LogP contribution >= 0.6 is 0 Å². The van der Waals surface area contributed by atoms with Crippen molar-refractivity contribution in [3.05, 3.63) is 20.2 Å². The molecule has 4 atom stereocenters. The summed E-state index contributed by atoms with van der Waals surface area (Å²) in [6.45, 7) is 0.560. The van der Waals surface area contributed by atoms with Gasteiger partial charge >= 0.3 is 0 Å². The molecule has 9 nitrogen and oxygen atoms in total. The van der Waals surface area contributed by atoms with Crippen molar-refractivity contribution in [2.75, 3.05) is 13.2 Å². The molecule has 0 radical (unpaired) electrons. The van der Waals surface area contributed by atoms with E-state index in [1.165, 1.54) is 0 Å². The maximum Gasteiger partial charge on any atom is 0.235 e. The standard InChI is InChI=1S/C11H22N2O7/c1-8(2-3-9(6-14)12(17)18)11(16)5-4-10(7-15)13(19)20/h8-11,14-16H,2-7H2,1H3. The molecule has 118 valence electrons. The smallest absolute Gasteiger partial charge is 0.235 e. The number of nitrogens with zero attached hydrogens (tertiary/aromatic N) is 2. The van der Waals surface area contributed by atoms with Gasteiger partial charge in [-0.1, -0.05) is 6.92 Å². The van der Waals surface area contributed by atoms with Crippen LogP contribution in [0.15, 0.2) is 0 Å². The summed E-state index contributed by atoms with van der Waals surface area (Å²) in [5.41, 5.74) is 0. The van der Waals surface area contributed by atoms with Gasteiger partial charge in [0.1, 0.15) is 13.2 Å². The molecule has 0 bridgehead atoms. The molecule has 0 aliphatic heterocycles. The zero-order valence-corrected chi connectivity index (χ0v) is 11.4. The van der Waals surface area contributed by atoms with E-state index in [1.807, 2.05) is 0 Å². The number of aliphatic hydroxyl groups is 3. The van der Waals surface area contributed by atoms with Gasteiger partial charge < -0.3 is 15.3 Å². The van der Waals surface area contributed by atoms with E-state index in [9.17, 15) is 25.3 Å². The minimum absolute atomic E-state index is 0.0493. The molecule has 20 heavy (non-hydrogen) atoms. The molecule has 0 saturated carbocycles. The maximum atomic E-state index is 10.5. The fraction of sp³-hybridized carbons (Fsp3) is 1.00. The lowest BCUT2D eigenvalue weighted by molar-refractivity contribution is -0.527. The third-order valence-corrected chi connectivity index (χ3v) is 3.43. The first-order valence-corrected chi connectivity index (χ1v) is 6.50. The minimum Gasteiger partial charge on any atom is -0.393 e. The Morgan fingerprint density at radius 2 is 1.30 bits per heavy atom. The van der Waals surface area contributed by atoms with E-state index >= 15 is 0 Å². The number of rotatable bonds is 11. The van der Waals surface area contributed by atoms with Crippen LogP contribution in [0.5, 0.6) is 0 Å². The molecular weight excluding hydrogens is 272 g/mol. The third kappa shape index (κ3) is 6.73. The van der Waals surface area contributed by atoms with Crippen molar-refractivity contribution < 1.29 is 25.2 Å². The van der Waals surface area contributed by atoms with Gasteiger partial charge in [0.25, 0.3) is 0 Å². The molecule has 0 amide bonds. The summed E-state index contributed by atoms with van der Waals surface area (Å²) < 4.78 is 0. The molecule has 0 spiro atoms. The van der Waals surface area contributed by atoms with Crippen molar-refractivity contribution in [3.63, 3.8) is 0 Å². The average Bonchev–Trinajstić information content (AvgIpc) is 2.38. The van der Waals surface area contributed by atoms with E-state index < -0.39 is 41.2 Å². The van der Waals surface area contributed by atoms with Gasteiger partial charge in [-0.25, -0.2) is 0 Å². The van der Waals surface area contributed by atoms with Crippen molar-refractivity contribution in [2.45, 2.75) is 50.8 Å². The molecule has 4 unspecified atom stereocenters. The molecule has 0 aromatic carbocycles. The first-order chi connectivity index (χ1) is 9.33. The summed E-state index contributed by atoms with van der Waals surface area (Å²) in [6, 6.07) is -2.14. The van der Waals surface area contributed by atoms with E-state index in [0.717, 1.165) is 0 Å². The number of hydrogen-bond donors (Lipinski definition) is 3. The molecule has 0 saturated heterocycles. The van der Waals surface area contributed by atoms with E-state index in [4.69, 9.17) is 10.2 Å². The van der Waals surface area contributed by atoms with Crippen LogP contribution in [0.2, 0.25) is 0 Å². The topological polar surface area (TPSA) is 147 Å². The highest BCUT2D eigenvalue weighted by molar-refractivity contribution is 4.69. The second-order valence-corrected chi connectivity index (χ2v) is 4.94. The van der Waals surface area contributed by atoms with Crippen LogP contribution in [0.1, 0.15) is 32.6 Å². The molecule has 0 fully saturated rings. The molecule has 0 heterocycles. The Morgan fingerprint density at radius 3 is 1.65 bits per heavy atom. The van der Waals surface area contributed by atoms with Crippen LogP contribution in [-0.2, 0) is 0 Å². The fourth-order valence-electron chi connectivity index (χ4n) is 1.82. The Hall–Kier alpha value is -1.32. The molecular formula is C11H22N2O7. The van der Waals surface area contributed by atoms with E-state index in [0.29, 0.717) is 6.42 Å². The van der Waals surface area contributed by atoms with Gasteiger partial charge in [0.05, 0.1) is 6.10 Å². The first-order valence-electron chi connectivity index (χ1n) is 6.50. The molecule has 0 aromatic rings. The van der Waals surface area contributed by atoms with E-state index in [2.05, 4.69) is 0 Å². The first kappa shape index (κ1) is 18.7. The lowest BCUT2D eigenvalue weighted by Crippen LogP contribution is -2.29. The van der Waals surface area contributed by atoms with Crippen LogP contribution in [0.3, 0.4) is 0 Å². The minimum atomic E-state index is -1.10. The summed E-state index contributed by atoms with van der Waals surface area (Å²) in [7, 11) is 0. The maximum absolute atomic E-state index is 10.5. The summed E-state index contributed by atoms with van der Waals surface area (Å²) in [5, 5.41) is 48.5. The highest BCUT2D eigenvalue weighted by Gasteiger charge is 2.25. The largest absolute Gasteiger partial charge is 0.393 e. The molecule has 0 aliphatic carbocycles. The van der Waals surface area contributed by atoms with Crippen LogP contribution < -0.4 is 0 Å². The second-order valence-electron chi connectivity index (χ2n) is 4.94. The summed E-state index contributed by atoms with van der Waals surface area (Å²) in [6.07, 6.45) is -0.144. The quantitative estimate of drug-likeness (QED) is 0.353. The van der Waals surface area contributed by atoms with Gasteiger partial charge in [-0.3, -0.25) is 20.2 Å². The van der Waals surface area contributed by atoms with Gasteiger partial charge in [0.15, 0.2) is 0 Å². The predicted molar refractivity (Wildman–Crippen MR) is 69.4 cm³/mol. The Balaban J connectivity index is 4.11. The fourth-order valence-corrected chi connectivity index (χ4v) is 1.82. The van der Waals surface area contributed by atoms with Gasteiger partial charge in [-0.15, -0.1) is 0 Å². The molecule has 0 rings (SSSR count). The summed E-state index contributed by atoms with van der Waals surface area (Å²) in [5.74, 6) is -0.268. The highest BCUT2D eigenvalue weighted by Crippen LogP contribution is 2.18. The van der Waals surface area contributed by atoms with Crippen LogP contribution in [0, 0.1) is 26.1 Å². The number of hydrogen-bond acceptors (Lipinski definition) is 7. The Labute approximate surface area is 116 Å². The lowest BCUT2D eigenvalue weighted by Gasteiger charge is -2.19. The highest BCUT2D eigenvalue weighted by atomic mass is 16.6. The van der Waals surface area contributed by atoms with Gasteiger partial charge in [-0.2, -0.15) is 0 Å². The van der Waals surface area contributed by atoms with Crippen molar-refractivity contribution in [3.8, 4) is 0 Å². The lowest BCUT2D eigenvalue weighted by atomic mass is 9.93. The summed E-state index contributed by atoms with van der Waals surface area (Å²) in [4.78, 5) is 19.9. The Morgan fingerprint density at radius 1 is 0.900 bits per heavy atom. The monoisotopic (exact) mass is 294 g/mol. The van der Waals surface area contributed by atoms with Gasteiger partial charge in [0.2, 0.25) is 12.1 Å². The van der Waals surface area contributed by atoms with E-state index in [1.54, 1.807) is 6.92 Å². The van der Waals surface area contributed by atoms with Crippen molar-refractivity contribution in [1.29, 1.82) is 0 Å². The normalized spacial score (nSPS) is 17.2. The SMILES string of the molecule is CC(CCC(CO)[N+](=O)[O-])C(O)CCC(CO)[N+](=O)[O-]. The van der Waals surface area contributed by atoms with Crippen molar-refractivity contribution >= 4 is 0 Å². The molecule has 0 aromatic heterocycles. The molecule has 3 N–H and O–H groups in total. The summed E-state index contributed by atoms with van der Waals surface area (Å²) >= 11 is 0.